The van der Waals surface area contributed by atoms with Crippen LogP contribution in [0.25, 0.3) is 67.5 Å². The van der Waals surface area contributed by atoms with Gasteiger partial charge in [-0.1, -0.05) is 206 Å². The van der Waals surface area contributed by atoms with Crippen LogP contribution in [0.1, 0.15) is 22.3 Å². The zero-order chi connectivity index (χ0) is 36.6. The van der Waals surface area contributed by atoms with Crippen LogP contribution in [0.3, 0.4) is 0 Å². The van der Waals surface area contributed by atoms with Gasteiger partial charge in [-0.3, -0.25) is 0 Å². The van der Waals surface area contributed by atoms with Crippen molar-refractivity contribution in [2.24, 2.45) is 0 Å². The summed E-state index contributed by atoms with van der Waals surface area (Å²) < 4.78 is 0. The van der Waals surface area contributed by atoms with E-state index in [0.717, 1.165) is 33.4 Å². The minimum absolute atomic E-state index is 0.446. The van der Waals surface area contributed by atoms with E-state index in [2.05, 4.69) is 176 Å². The Hall–Kier alpha value is -7.23. The Morgan fingerprint density at radius 3 is 1.13 bits per heavy atom. The van der Waals surface area contributed by atoms with Gasteiger partial charge in [0.05, 0.1) is 5.41 Å². The van der Waals surface area contributed by atoms with Gasteiger partial charge in [-0.05, 0) is 61.7 Å². The number of hydrogen-bond acceptors (Lipinski definition) is 3. The molecule has 9 aromatic rings. The minimum Gasteiger partial charge on any atom is -0.208 e. The van der Waals surface area contributed by atoms with Gasteiger partial charge in [0.1, 0.15) is 0 Å². The standard InChI is InChI=1S/C52H35N3/c1-4-15-36(16-5-1)37-27-31-40(32-28-37)50-53-49(39-17-6-2-7-18-39)54-51(55-50)41-33-29-38(30-34-41)42-19-14-22-44(35-42)52(43-20-8-3-9-21-43)47-25-12-10-23-45(47)46-24-11-13-26-48(46)52/h1-35H. The molecule has 0 atom stereocenters. The van der Waals surface area contributed by atoms with Gasteiger partial charge in [-0.25, -0.2) is 15.0 Å². The van der Waals surface area contributed by atoms with Crippen LogP contribution in [0.4, 0.5) is 0 Å². The van der Waals surface area contributed by atoms with E-state index in [9.17, 15) is 0 Å². The normalized spacial score (nSPS) is 12.5. The molecule has 0 N–H and O–H groups in total. The molecule has 1 aliphatic carbocycles. The number of nitrogens with zero attached hydrogens (tertiary/aromatic N) is 3. The molecule has 0 bridgehead atoms. The van der Waals surface area contributed by atoms with Crippen molar-refractivity contribution in [3.05, 3.63) is 235 Å². The van der Waals surface area contributed by atoms with E-state index in [4.69, 9.17) is 15.0 Å². The first-order chi connectivity index (χ1) is 27.3. The molecule has 0 fully saturated rings. The third-order valence-electron chi connectivity index (χ3n) is 10.8. The highest BCUT2D eigenvalue weighted by atomic mass is 15.0. The highest BCUT2D eigenvalue weighted by Gasteiger charge is 2.45. The largest absolute Gasteiger partial charge is 0.208 e. The average Bonchev–Trinajstić information content (AvgIpc) is 3.58. The summed E-state index contributed by atoms with van der Waals surface area (Å²) >= 11 is 0. The molecule has 8 aromatic carbocycles. The van der Waals surface area contributed by atoms with Crippen LogP contribution in [0.15, 0.2) is 212 Å². The molecule has 0 amide bonds. The van der Waals surface area contributed by atoms with Crippen molar-refractivity contribution in [1.29, 1.82) is 0 Å². The Labute approximate surface area is 321 Å². The molecule has 3 heteroatoms. The summed E-state index contributed by atoms with van der Waals surface area (Å²) in [5, 5.41) is 0. The smallest absolute Gasteiger partial charge is 0.164 e. The Bertz CT molecular complexity index is 2730. The number of hydrogen-bond donors (Lipinski definition) is 0. The summed E-state index contributed by atoms with van der Waals surface area (Å²) in [4.78, 5) is 15.0. The molecule has 55 heavy (non-hydrogen) atoms. The predicted octanol–water partition coefficient (Wildman–Crippen LogP) is 12.6. The van der Waals surface area contributed by atoms with E-state index < -0.39 is 5.41 Å². The Balaban J connectivity index is 1.05. The van der Waals surface area contributed by atoms with Gasteiger partial charge >= 0.3 is 0 Å². The zero-order valence-electron chi connectivity index (χ0n) is 30.0. The summed E-state index contributed by atoms with van der Waals surface area (Å²) in [6.45, 7) is 0. The lowest BCUT2D eigenvalue weighted by Gasteiger charge is -2.34. The van der Waals surface area contributed by atoms with Gasteiger partial charge in [0, 0.05) is 16.7 Å². The molecule has 3 nitrogen and oxygen atoms in total. The zero-order valence-corrected chi connectivity index (χ0v) is 30.0. The first kappa shape index (κ1) is 32.4. The van der Waals surface area contributed by atoms with Crippen LogP contribution in [-0.2, 0) is 5.41 Å². The van der Waals surface area contributed by atoms with E-state index in [-0.39, 0.29) is 0 Å². The summed E-state index contributed by atoms with van der Waals surface area (Å²) in [6, 6.07) is 75.3. The maximum Gasteiger partial charge on any atom is 0.164 e. The van der Waals surface area contributed by atoms with Crippen LogP contribution < -0.4 is 0 Å². The molecule has 0 aliphatic heterocycles. The Morgan fingerprint density at radius 1 is 0.255 bits per heavy atom. The fraction of sp³-hybridized carbons (Fsp3) is 0.0192. The van der Waals surface area contributed by atoms with E-state index >= 15 is 0 Å². The molecule has 1 aliphatic rings. The van der Waals surface area contributed by atoms with Gasteiger partial charge in [-0.2, -0.15) is 0 Å². The van der Waals surface area contributed by atoms with E-state index in [1.165, 1.54) is 38.9 Å². The molecule has 10 rings (SSSR count). The van der Waals surface area contributed by atoms with E-state index in [1.54, 1.807) is 0 Å². The van der Waals surface area contributed by atoms with Crippen LogP contribution in [-0.4, -0.2) is 15.0 Å². The van der Waals surface area contributed by atoms with Gasteiger partial charge in [0.15, 0.2) is 17.5 Å². The third-order valence-corrected chi connectivity index (χ3v) is 10.8. The van der Waals surface area contributed by atoms with Gasteiger partial charge in [-0.15, -0.1) is 0 Å². The van der Waals surface area contributed by atoms with Crippen LogP contribution in [0.5, 0.6) is 0 Å². The summed E-state index contributed by atoms with van der Waals surface area (Å²) in [5.74, 6) is 1.93. The van der Waals surface area contributed by atoms with Crippen molar-refractivity contribution in [1.82, 2.24) is 15.0 Å². The Kier molecular flexibility index (Phi) is 8.04. The van der Waals surface area contributed by atoms with Gasteiger partial charge in [0.2, 0.25) is 0 Å². The fourth-order valence-corrected chi connectivity index (χ4v) is 8.25. The highest BCUT2D eigenvalue weighted by molar-refractivity contribution is 5.87. The minimum atomic E-state index is -0.446. The van der Waals surface area contributed by atoms with Crippen LogP contribution in [0.2, 0.25) is 0 Å². The lowest BCUT2D eigenvalue weighted by Crippen LogP contribution is -2.28. The second-order valence-corrected chi connectivity index (χ2v) is 14.0. The molecule has 1 heterocycles. The molecule has 258 valence electrons. The lowest BCUT2D eigenvalue weighted by molar-refractivity contribution is 0.769. The van der Waals surface area contributed by atoms with Gasteiger partial charge < -0.3 is 0 Å². The fourth-order valence-electron chi connectivity index (χ4n) is 8.25. The molecular formula is C52H35N3. The Morgan fingerprint density at radius 2 is 0.600 bits per heavy atom. The number of fused-ring (bicyclic) bond motifs is 3. The van der Waals surface area contributed by atoms with Crippen molar-refractivity contribution in [3.8, 4) is 67.5 Å². The predicted molar refractivity (Wildman–Crippen MR) is 224 cm³/mol. The number of benzene rings is 8. The van der Waals surface area contributed by atoms with Gasteiger partial charge in [0.25, 0.3) is 0 Å². The van der Waals surface area contributed by atoms with Crippen molar-refractivity contribution in [2.75, 3.05) is 0 Å². The second-order valence-electron chi connectivity index (χ2n) is 14.0. The third kappa shape index (κ3) is 5.65. The number of aromatic nitrogens is 3. The summed E-state index contributed by atoms with van der Waals surface area (Å²) in [7, 11) is 0. The molecule has 0 unspecified atom stereocenters. The summed E-state index contributed by atoms with van der Waals surface area (Å²) in [5.41, 5.74) is 14.7. The topological polar surface area (TPSA) is 38.7 Å². The molecule has 1 aromatic heterocycles. The average molecular weight is 702 g/mol. The second kappa shape index (κ2) is 13.6. The lowest BCUT2D eigenvalue weighted by atomic mass is 9.67. The maximum atomic E-state index is 5.03. The molecular weight excluding hydrogens is 667 g/mol. The molecule has 0 saturated carbocycles. The first-order valence-electron chi connectivity index (χ1n) is 18.7. The summed E-state index contributed by atoms with van der Waals surface area (Å²) in [6.07, 6.45) is 0. The van der Waals surface area contributed by atoms with E-state index in [0.29, 0.717) is 17.5 Å². The van der Waals surface area contributed by atoms with Crippen molar-refractivity contribution in [2.45, 2.75) is 5.41 Å². The SMILES string of the molecule is c1ccc(-c2ccc(-c3nc(-c4ccccc4)nc(-c4ccc(-c5cccc(C6(c7ccccc7)c7ccccc7-c7ccccc76)c5)cc4)n3)cc2)cc1. The first-order valence-corrected chi connectivity index (χ1v) is 18.7. The van der Waals surface area contributed by atoms with E-state index in [1.807, 2.05) is 36.4 Å². The molecule has 0 spiro atoms. The molecule has 0 saturated heterocycles. The monoisotopic (exact) mass is 701 g/mol. The number of rotatable bonds is 7. The van der Waals surface area contributed by atoms with Crippen molar-refractivity contribution >= 4 is 0 Å². The molecule has 0 radical (unpaired) electrons. The highest BCUT2D eigenvalue weighted by Crippen LogP contribution is 2.56. The quantitative estimate of drug-likeness (QED) is 0.166. The maximum absolute atomic E-state index is 5.03. The van der Waals surface area contributed by atoms with Crippen LogP contribution in [0, 0.1) is 0 Å². The van der Waals surface area contributed by atoms with Crippen molar-refractivity contribution in [3.63, 3.8) is 0 Å². The van der Waals surface area contributed by atoms with Crippen LogP contribution >= 0.6 is 0 Å². The van der Waals surface area contributed by atoms with Crippen molar-refractivity contribution < 1.29 is 0 Å².